The Bertz CT molecular complexity index is 1270. The number of pyridine rings is 1. The Morgan fingerprint density at radius 2 is 1.81 bits per heavy atom. The van der Waals surface area contributed by atoms with Crippen molar-refractivity contribution in [2.24, 2.45) is 0 Å². The monoisotopic (exact) mass is 343 g/mol. The zero-order chi connectivity index (χ0) is 18.0. The summed E-state index contributed by atoms with van der Waals surface area (Å²) in [5.41, 5.74) is 4.29. The number of carbonyl (C=O) groups is 2. The van der Waals surface area contributed by atoms with Crippen LogP contribution in [0.1, 0.15) is 26.4 Å². The number of phenols is 1. The largest absolute Gasteiger partial charge is 0.508 e. The molecule has 26 heavy (non-hydrogen) atoms. The summed E-state index contributed by atoms with van der Waals surface area (Å²) in [4.78, 5) is 32.5. The van der Waals surface area contributed by atoms with Crippen LogP contribution in [0.3, 0.4) is 0 Å². The summed E-state index contributed by atoms with van der Waals surface area (Å²) in [6.45, 7) is 1.97. The number of aromatic amines is 1. The summed E-state index contributed by atoms with van der Waals surface area (Å²) in [6.07, 6.45) is 0. The van der Waals surface area contributed by atoms with Crippen molar-refractivity contribution in [1.29, 1.82) is 0 Å². The Morgan fingerprint density at radius 1 is 1.00 bits per heavy atom. The minimum Gasteiger partial charge on any atom is -0.508 e. The van der Waals surface area contributed by atoms with Crippen molar-refractivity contribution in [3.63, 3.8) is 0 Å². The number of carbonyl (C=O) groups excluding carboxylic acids is 2. The SMILES string of the molecule is Cc1ccccc1-c1nc2c(c3c1[nH]c1ccc(O)cc13)C(=O)NC2=O. The molecule has 0 bridgehead atoms. The minimum atomic E-state index is -0.503. The maximum atomic E-state index is 12.4. The maximum absolute atomic E-state index is 12.4. The number of aromatic hydroxyl groups is 1. The second kappa shape index (κ2) is 4.92. The molecule has 2 aromatic heterocycles. The molecule has 6 nitrogen and oxygen atoms in total. The number of benzene rings is 2. The molecule has 0 aliphatic carbocycles. The molecular formula is C20H13N3O3. The number of rotatable bonds is 1. The Hall–Kier alpha value is -3.67. The van der Waals surface area contributed by atoms with E-state index in [1.54, 1.807) is 18.2 Å². The van der Waals surface area contributed by atoms with Gasteiger partial charge in [-0.3, -0.25) is 14.9 Å². The highest BCUT2D eigenvalue weighted by Crippen LogP contribution is 2.38. The second-order valence-electron chi connectivity index (χ2n) is 6.39. The van der Waals surface area contributed by atoms with Gasteiger partial charge in [-0.25, -0.2) is 4.98 Å². The summed E-state index contributed by atoms with van der Waals surface area (Å²) in [5, 5.41) is 13.5. The van der Waals surface area contributed by atoms with Crippen molar-refractivity contribution in [3.8, 4) is 17.0 Å². The van der Waals surface area contributed by atoms with Crippen molar-refractivity contribution in [2.75, 3.05) is 0 Å². The van der Waals surface area contributed by atoms with Gasteiger partial charge in [-0.15, -0.1) is 0 Å². The molecule has 0 spiro atoms. The summed E-state index contributed by atoms with van der Waals surface area (Å²) in [5.74, 6) is -0.884. The van der Waals surface area contributed by atoms with Gasteiger partial charge in [-0.1, -0.05) is 24.3 Å². The first-order valence-corrected chi connectivity index (χ1v) is 8.14. The summed E-state index contributed by atoms with van der Waals surface area (Å²) in [6, 6.07) is 12.6. The van der Waals surface area contributed by atoms with Gasteiger partial charge in [0.2, 0.25) is 0 Å². The van der Waals surface area contributed by atoms with Crippen LogP contribution in [0.15, 0.2) is 42.5 Å². The van der Waals surface area contributed by atoms with E-state index in [1.165, 1.54) is 0 Å². The van der Waals surface area contributed by atoms with Crippen LogP contribution in [0, 0.1) is 6.92 Å². The van der Waals surface area contributed by atoms with Crippen LogP contribution in [0.5, 0.6) is 5.75 Å². The van der Waals surface area contributed by atoms with Crippen LogP contribution < -0.4 is 5.32 Å². The predicted octanol–water partition coefficient (Wildman–Crippen LogP) is 3.28. The number of fused-ring (bicyclic) bond motifs is 5. The maximum Gasteiger partial charge on any atom is 0.277 e. The highest BCUT2D eigenvalue weighted by atomic mass is 16.3. The van der Waals surface area contributed by atoms with Gasteiger partial charge in [0.15, 0.2) is 0 Å². The number of hydrogen-bond acceptors (Lipinski definition) is 4. The zero-order valence-electron chi connectivity index (χ0n) is 13.8. The Labute approximate surface area is 147 Å². The summed E-state index contributed by atoms with van der Waals surface area (Å²) >= 11 is 0. The average molecular weight is 343 g/mol. The molecule has 126 valence electrons. The third kappa shape index (κ3) is 1.84. The molecule has 6 heteroatoms. The zero-order valence-corrected chi connectivity index (χ0v) is 13.8. The number of nitrogens with zero attached hydrogens (tertiary/aromatic N) is 1. The van der Waals surface area contributed by atoms with Crippen LogP contribution >= 0.6 is 0 Å². The molecule has 0 radical (unpaired) electrons. The van der Waals surface area contributed by atoms with Gasteiger partial charge in [-0.05, 0) is 30.7 Å². The Morgan fingerprint density at radius 3 is 2.62 bits per heavy atom. The topological polar surface area (TPSA) is 95.1 Å². The van der Waals surface area contributed by atoms with Crippen LogP contribution in [0.25, 0.3) is 33.1 Å². The minimum absolute atomic E-state index is 0.0890. The third-order valence-electron chi connectivity index (χ3n) is 4.80. The first kappa shape index (κ1) is 14.7. The highest BCUT2D eigenvalue weighted by molar-refractivity contribution is 6.30. The van der Waals surface area contributed by atoms with Gasteiger partial charge in [0, 0.05) is 21.9 Å². The predicted molar refractivity (Wildman–Crippen MR) is 97.2 cm³/mol. The normalized spacial score (nSPS) is 13.4. The van der Waals surface area contributed by atoms with E-state index < -0.39 is 11.8 Å². The van der Waals surface area contributed by atoms with Crippen LogP contribution in [0.4, 0.5) is 0 Å². The molecule has 0 atom stereocenters. The molecule has 3 heterocycles. The van der Waals surface area contributed by atoms with E-state index >= 15 is 0 Å². The summed E-state index contributed by atoms with van der Waals surface area (Å²) < 4.78 is 0. The molecule has 1 aliphatic heterocycles. The van der Waals surface area contributed by atoms with Gasteiger partial charge < -0.3 is 10.1 Å². The molecule has 0 unspecified atom stereocenters. The number of nitrogens with one attached hydrogen (secondary N) is 2. The van der Waals surface area contributed by atoms with Gasteiger partial charge in [-0.2, -0.15) is 0 Å². The van der Waals surface area contributed by atoms with E-state index in [1.807, 2.05) is 31.2 Å². The molecule has 0 fully saturated rings. The number of aryl methyl sites for hydroxylation is 1. The van der Waals surface area contributed by atoms with Crippen LogP contribution in [-0.2, 0) is 0 Å². The highest BCUT2D eigenvalue weighted by Gasteiger charge is 2.33. The number of phenolic OH excluding ortho intramolecular Hbond substituents is 1. The summed E-state index contributed by atoms with van der Waals surface area (Å²) in [7, 11) is 0. The van der Waals surface area contributed by atoms with Crippen LogP contribution in [-0.4, -0.2) is 26.9 Å². The Kier molecular flexibility index (Phi) is 2.77. The molecule has 0 saturated carbocycles. The number of aromatic nitrogens is 2. The van der Waals surface area contributed by atoms with E-state index in [2.05, 4.69) is 15.3 Å². The van der Waals surface area contributed by atoms with Crippen LogP contribution in [0.2, 0.25) is 0 Å². The van der Waals surface area contributed by atoms with E-state index in [9.17, 15) is 14.7 Å². The standard InChI is InChI=1S/C20H13N3O3/c1-9-4-2-3-5-11(9)16-17-14(12-8-10(24)6-7-13(12)21-17)15-18(22-16)20(26)23-19(15)25/h2-8,21,24H,1H3,(H,23,25,26). The van der Waals surface area contributed by atoms with E-state index in [0.29, 0.717) is 22.0 Å². The molecule has 3 N–H and O–H groups in total. The van der Waals surface area contributed by atoms with Gasteiger partial charge in [0.05, 0.1) is 16.8 Å². The smallest absolute Gasteiger partial charge is 0.277 e. The number of amides is 2. The fraction of sp³-hybridized carbons (Fsp3) is 0.0500. The second-order valence-corrected chi connectivity index (χ2v) is 6.39. The fourth-order valence-electron chi connectivity index (χ4n) is 3.60. The molecule has 0 saturated heterocycles. The number of imide groups is 1. The first-order valence-electron chi connectivity index (χ1n) is 8.14. The molecule has 2 amide bonds. The van der Waals surface area contributed by atoms with E-state index in [-0.39, 0.29) is 17.0 Å². The lowest BCUT2D eigenvalue weighted by Gasteiger charge is -2.08. The lowest BCUT2D eigenvalue weighted by molar-refractivity contribution is 0.0878. The number of H-pyrrole nitrogens is 1. The van der Waals surface area contributed by atoms with Crippen molar-refractivity contribution in [1.82, 2.24) is 15.3 Å². The molecule has 1 aliphatic rings. The fourth-order valence-corrected chi connectivity index (χ4v) is 3.60. The van der Waals surface area contributed by atoms with Gasteiger partial charge in [0.25, 0.3) is 11.8 Å². The Balaban J connectivity index is 2.03. The van der Waals surface area contributed by atoms with Gasteiger partial charge >= 0.3 is 0 Å². The van der Waals surface area contributed by atoms with Crippen molar-refractivity contribution in [2.45, 2.75) is 6.92 Å². The lowest BCUT2D eigenvalue weighted by atomic mass is 9.99. The lowest BCUT2D eigenvalue weighted by Crippen LogP contribution is -2.20. The van der Waals surface area contributed by atoms with Crippen molar-refractivity contribution in [3.05, 3.63) is 59.3 Å². The molecule has 2 aromatic carbocycles. The molecule has 5 rings (SSSR count). The molecular weight excluding hydrogens is 330 g/mol. The number of hydrogen-bond donors (Lipinski definition) is 3. The third-order valence-corrected chi connectivity index (χ3v) is 4.80. The van der Waals surface area contributed by atoms with Gasteiger partial charge in [0.1, 0.15) is 11.4 Å². The van der Waals surface area contributed by atoms with Crippen molar-refractivity contribution < 1.29 is 14.7 Å². The van der Waals surface area contributed by atoms with Crippen molar-refractivity contribution >= 4 is 33.6 Å². The van der Waals surface area contributed by atoms with E-state index in [4.69, 9.17) is 0 Å². The molecule has 4 aromatic rings. The quantitative estimate of drug-likeness (QED) is 0.462. The first-order chi connectivity index (χ1) is 12.5. The average Bonchev–Trinajstić information content (AvgIpc) is 3.12. The van der Waals surface area contributed by atoms with E-state index in [0.717, 1.165) is 16.6 Å².